The van der Waals surface area contributed by atoms with Crippen molar-refractivity contribution in [3.63, 3.8) is 0 Å². The molecule has 0 radical (unpaired) electrons. The molecule has 2 heterocycles. The van der Waals surface area contributed by atoms with Gasteiger partial charge in [0, 0.05) is 0 Å². The van der Waals surface area contributed by atoms with Crippen LogP contribution in [0.25, 0.3) is 22.5 Å². The highest BCUT2D eigenvalue weighted by molar-refractivity contribution is 5.93. The van der Waals surface area contributed by atoms with Crippen LogP contribution in [-0.2, 0) is 0 Å². The fourth-order valence-corrected chi connectivity index (χ4v) is 3.84. The van der Waals surface area contributed by atoms with E-state index in [9.17, 15) is 9.90 Å². The molecule has 5 nitrogen and oxygen atoms in total. The summed E-state index contributed by atoms with van der Waals surface area (Å²) >= 11 is 0. The van der Waals surface area contributed by atoms with Crippen LogP contribution in [0.2, 0.25) is 0 Å². The summed E-state index contributed by atoms with van der Waals surface area (Å²) in [7, 11) is 0. The van der Waals surface area contributed by atoms with E-state index in [1.165, 1.54) is 5.56 Å². The number of rotatable bonds is 2. The molecule has 0 atom stereocenters. The number of aromatic nitrogens is 3. The highest BCUT2D eigenvalue weighted by atomic mass is 16.4. The van der Waals surface area contributed by atoms with Gasteiger partial charge < -0.3 is 5.11 Å². The van der Waals surface area contributed by atoms with Crippen molar-refractivity contribution in [1.82, 2.24) is 14.0 Å². The summed E-state index contributed by atoms with van der Waals surface area (Å²) in [6, 6.07) is 12.1. The monoisotopic (exact) mass is 333 g/mol. The molecule has 2 aromatic carbocycles. The summed E-state index contributed by atoms with van der Waals surface area (Å²) in [5.74, 6) is -0.337. The molecule has 0 spiro atoms. The number of carboxylic acids is 1. The van der Waals surface area contributed by atoms with Crippen LogP contribution in [0.4, 0.5) is 0 Å². The number of imidazole rings is 2. The van der Waals surface area contributed by atoms with Crippen molar-refractivity contribution in [2.75, 3.05) is 0 Å². The molecule has 0 aliphatic rings. The third-order valence-electron chi connectivity index (χ3n) is 4.66. The molecule has 0 saturated heterocycles. The predicted molar refractivity (Wildman–Crippen MR) is 97.9 cm³/mol. The van der Waals surface area contributed by atoms with Crippen molar-refractivity contribution in [3.05, 3.63) is 64.5 Å². The SMILES string of the molecule is Cc1cc(C)c(-n2c3ccccc3n3c(C(=O)O)c(C)nc23)c(C)c1. The molecule has 0 bridgehead atoms. The summed E-state index contributed by atoms with van der Waals surface area (Å²) in [5, 5.41) is 9.67. The number of aryl methyl sites for hydroxylation is 4. The van der Waals surface area contributed by atoms with Gasteiger partial charge in [0.25, 0.3) is 0 Å². The van der Waals surface area contributed by atoms with Gasteiger partial charge in [-0.25, -0.2) is 9.78 Å². The van der Waals surface area contributed by atoms with Crippen LogP contribution in [0.15, 0.2) is 36.4 Å². The number of nitrogens with zero attached hydrogens (tertiary/aromatic N) is 3. The number of hydrogen-bond donors (Lipinski definition) is 1. The van der Waals surface area contributed by atoms with E-state index in [4.69, 9.17) is 0 Å². The zero-order valence-corrected chi connectivity index (χ0v) is 14.7. The Labute approximate surface area is 145 Å². The van der Waals surface area contributed by atoms with Gasteiger partial charge in [-0.15, -0.1) is 0 Å². The molecule has 126 valence electrons. The van der Waals surface area contributed by atoms with E-state index in [-0.39, 0.29) is 5.69 Å². The number of carboxylic acid groups (broad SMARTS) is 1. The average molecular weight is 333 g/mol. The number of fused-ring (bicyclic) bond motifs is 3. The highest BCUT2D eigenvalue weighted by Crippen LogP contribution is 2.31. The normalized spacial score (nSPS) is 11.5. The molecular formula is C20H19N3O2. The maximum Gasteiger partial charge on any atom is 0.354 e. The van der Waals surface area contributed by atoms with E-state index in [0.717, 1.165) is 27.8 Å². The fourth-order valence-electron chi connectivity index (χ4n) is 3.84. The summed E-state index contributed by atoms with van der Waals surface area (Å²) in [5.41, 5.74) is 7.06. The van der Waals surface area contributed by atoms with E-state index in [2.05, 4.69) is 42.5 Å². The lowest BCUT2D eigenvalue weighted by Gasteiger charge is -2.13. The first-order valence-corrected chi connectivity index (χ1v) is 8.20. The van der Waals surface area contributed by atoms with Crippen molar-refractivity contribution in [3.8, 4) is 5.69 Å². The van der Waals surface area contributed by atoms with Crippen LogP contribution >= 0.6 is 0 Å². The van der Waals surface area contributed by atoms with Gasteiger partial charge in [-0.1, -0.05) is 29.8 Å². The predicted octanol–water partition coefficient (Wildman–Crippen LogP) is 4.21. The molecule has 0 amide bonds. The molecule has 0 aliphatic carbocycles. The van der Waals surface area contributed by atoms with E-state index < -0.39 is 5.97 Å². The van der Waals surface area contributed by atoms with E-state index in [0.29, 0.717) is 11.5 Å². The second-order valence-corrected chi connectivity index (χ2v) is 6.56. The Morgan fingerprint density at radius 3 is 2.20 bits per heavy atom. The Morgan fingerprint density at radius 2 is 1.60 bits per heavy atom. The van der Waals surface area contributed by atoms with Gasteiger partial charge in [0.1, 0.15) is 0 Å². The minimum Gasteiger partial charge on any atom is -0.477 e. The largest absolute Gasteiger partial charge is 0.477 e. The van der Waals surface area contributed by atoms with E-state index in [1.807, 2.05) is 24.3 Å². The van der Waals surface area contributed by atoms with Crippen molar-refractivity contribution < 1.29 is 9.90 Å². The number of para-hydroxylation sites is 2. The zero-order valence-electron chi connectivity index (χ0n) is 14.7. The Balaban J connectivity index is 2.25. The third kappa shape index (κ3) is 2.09. The van der Waals surface area contributed by atoms with Gasteiger partial charge in [0.15, 0.2) is 5.69 Å². The first-order valence-electron chi connectivity index (χ1n) is 8.20. The lowest BCUT2D eigenvalue weighted by Crippen LogP contribution is -2.03. The van der Waals surface area contributed by atoms with Gasteiger partial charge >= 0.3 is 5.97 Å². The first kappa shape index (κ1) is 15.4. The number of carbonyl (C=O) groups is 1. The van der Waals surface area contributed by atoms with Crippen LogP contribution in [0.5, 0.6) is 0 Å². The molecule has 0 saturated carbocycles. The smallest absolute Gasteiger partial charge is 0.354 e. The summed E-state index contributed by atoms with van der Waals surface area (Å²) in [6.07, 6.45) is 0. The maximum absolute atomic E-state index is 11.8. The van der Waals surface area contributed by atoms with Gasteiger partial charge in [-0.3, -0.25) is 8.97 Å². The van der Waals surface area contributed by atoms with Crippen LogP contribution in [-0.4, -0.2) is 25.0 Å². The van der Waals surface area contributed by atoms with Gasteiger partial charge in [-0.05, 0) is 51.0 Å². The number of hydrogen-bond acceptors (Lipinski definition) is 2. The van der Waals surface area contributed by atoms with E-state index >= 15 is 0 Å². The van der Waals surface area contributed by atoms with Crippen molar-refractivity contribution in [2.24, 2.45) is 0 Å². The summed E-state index contributed by atoms with van der Waals surface area (Å²) in [6.45, 7) is 7.97. The van der Waals surface area contributed by atoms with Crippen molar-refractivity contribution in [2.45, 2.75) is 27.7 Å². The first-order chi connectivity index (χ1) is 11.9. The third-order valence-corrected chi connectivity index (χ3v) is 4.66. The zero-order chi connectivity index (χ0) is 17.9. The van der Waals surface area contributed by atoms with E-state index in [1.54, 1.807) is 11.3 Å². The Hall–Kier alpha value is -3.08. The average Bonchev–Trinajstić information content (AvgIpc) is 3.01. The Kier molecular flexibility index (Phi) is 3.22. The Morgan fingerprint density at radius 1 is 1.00 bits per heavy atom. The van der Waals surface area contributed by atoms with Gasteiger partial charge in [0.2, 0.25) is 5.78 Å². The molecule has 2 aromatic heterocycles. The summed E-state index contributed by atoms with van der Waals surface area (Å²) in [4.78, 5) is 16.4. The quantitative estimate of drug-likeness (QED) is 0.598. The molecule has 1 N–H and O–H groups in total. The molecule has 5 heteroatoms. The van der Waals surface area contributed by atoms with Crippen LogP contribution in [0.3, 0.4) is 0 Å². The molecule has 0 unspecified atom stereocenters. The standard InChI is InChI=1S/C20H19N3O2/c1-11-9-12(2)17(13(3)10-11)22-15-7-5-6-8-16(15)23-18(19(24)25)14(4)21-20(22)23/h5-10H,1-4H3,(H,24,25). The van der Waals surface area contributed by atoms with Crippen molar-refractivity contribution >= 4 is 22.8 Å². The molecule has 4 rings (SSSR count). The minimum absolute atomic E-state index is 0.215. The Bertz CT molecular complexity index is 1140. The molecular weight excluding hydrogens is 314 g/mol. The lowest BCUT2D eigenvalue weighted by molar-refractivity contribution is 0.0689. The molecule has 0 fully saturated rings. The van der Waals surface area contributed by atoms with Crippen LogP contribution < -0.4 is 0 Å². The number of benzene rings is 2. The second kappa shape index (κ2) is 5.21. The number of aromatic carboxylic acids is 1. The highest BCUT2D eigenvalue weighted by Gasteiger charge is 2.24. The summed E-state index contributed by atoms with van der Waals surface area (Å²) < 4.78 is 3.81. The molecule has 4 aromatic rings. The molecule has 0 aliphatic heterocycles. The lowest BCUT2D eigenvalue weighted by atomic mass is 10.0. The minimum atomic E-state index is -0.967. The second-order valence-electron chi connectivity index (χ2n) is 6.56. The van der Waals surface area contributed by atoms with Crippen LogP contribution in [0, 0.1) is 27.7 Å². The molecule has 25 heavy (non-hydrogen) atoms. The topological polar surface area (TPSA) is 59.5 Å². The van der Waals surface area contributed by atoms with Gasteiger partial charge in [0.05, 0.1) is 22.4 Å². The maximum atomic E-state index is 11.8. The van der Waals surface area contributed by atoms with Crippen molar-refractivity contribution in [1.29, 1.82) is 0 Å². The van der Waals surface area contributed by atoms with Crippen LogP contribution in [0.1, 0.15) is 32.9 Å². The van der Waals surface area contributed by atoms with Gasteiger partial charge in [-0.2, -0.15) is 0 Å². The fraction of sp³-hybridized carbons (Fsp3) is 0.200.